The van der Waals surface area contributed by atoms with Crippen LogP contribution < -0.4 is 15.5 Å². The predicted octanol–water partition coefficient (Wildman–Crippen LogP) is 2.37. The highest BCUT2D eigenvalue weighted by Crippen LogP contribution is 2.17. The average Bonchev–Trinajstić information content (AvgIpc) is 3.24. The van der Waals surface area contributed by atoms with Gasteiger partial charge in [0.25, 0.3) is 0 Å². The summed E-state index contributed by atoms with van der Waals surface area (Å²) < 4.78 is 0. The number of thiophene rings is 1. The van der Waals surface area contributed by atoms with Gasteiger partial charge in [0, 0.05) is 61.4 Å². The lowest BCUT2D eigenvalue weighted by Gasteiger charge is -2.34. The van der Waals surface area contributed by atoms with Crippen molar-refractivity contribution in [3.8, 4) is 0 Å². The summed E-state index contributed by atoms with van der Waals surface area (Å²) in [7, 11) is 0. The number of rotatable bonds is 9. The lowest BCUT2D eigenvalue weighted by molar-refractivity contribution is 0.254. The van der Waals surface area contributed by atoms with E-state index in [1.54, 1.807) is 0 Å². The zero-order chi connectivity index (χ0) is 20.3. The third-order valence-electron chi connectivity index (χ3n) is 4.95. The van der Waals surface area contributed by atoms with Crippen LogP contribution in [0.3, 0.4) is 0 Å². The number of guanidine groups is 1. The van der Waals surface area contributed by atoms with Crippen LogP contribution in [0, 0.1) is 0 Å². The fourth-order valence-electron chi connectivity index (χ4n) is 3.33. The molecule has 2 N–H and O–H groups in total. The van der Waals surface area contributed by atoms with Crippen molar-refractivity contribution < 1.29 is 0 Å². The van der Waals surface area contributed by atoms with Gasteiger partial charge in [-0.15, -0.1) is 11.3 Å². The summed E-state index contributed by atoms with van der Waals surface area (Å²) in [6, 6.07) is 6.26. The SMILES string of the molecule is CCNC(=NCc1ccc(CC)s1)NCCCN1CCN(c2ncccn2)CC1. The molecule has 1 fully saturated rings. The Kier molecular flexibility index (Phi) is 8.70. The van der Waals surface area contributed by atoms with Gasteiger partial charge in [-0.3, -0.25) is 4.90 Å². The summed E-state index contributed by atoms with van der Waals surface area (Å²) in [4.78, 5) is 21.0. The van der Waals surface area contributed by atoms with Crippen LogP contribution in [0.1, 0.15) is 30.0 Å². The third-order valence-corrected chi connectivity index (χ3v) is 6.17. The van der Waals surface area contributed by atoms with Gasteiger partial charge in [-0.1, -0.05) is 6.92 Å². The van der Waals surface area contributed by atoms with Crippen molar-refractivity contribution in [1.29, 1.82) is 0 Å². The second kappa shape index (κ2) is 11.7. The number of anilines is 1. The van der Waals surface area contributed by atoms with Gasteiger partial charge in [0.2, 0.25) is 5.95 Å². The molecule has 3 heterocycles. The Bertz CT molecular complexity index is 738. The van der Waals surface area contributed by atoms with E-state index in [4.69, 9.17) is 4.99 Å². The molecule has 29 heavy (non-hydrogen) atoms. The van der Waals surface area contributed by atoms with E-state index in [1.807, 2.05) is 29.8 Å². The minimum atomic E-state index is 0.740. The quantitative estimate of drug-likeness (QED) is 0.372. The smallest absolute Gasteiger partial charge is 0.225 e. The van der Waals surface area contributed by atoms with E-state index in [0.29, 0.717) is 0 Å². The molecule has 2 aromatic heterocycles. The molecule has 0 saturated carbocycles. The fraction of sp³-hybridized carbons (Fsp3) is 0.571. The number of hydrogen-bond donors (Lipinski definition) is 2. The molecule has 0 unspecified atom stereocenters. The Morgan fingerprint density at radius 3 is 2.52 bits per heavy atom. The van der Waals surface area contributed by atoms with Crippen molar-refractivity contribution in [2.24, 2.45) is 4.99 Å². The summed E-state index contributed by atoms with van der Waals surface area (Å²) in [5.41, 5.74) is 0. The van der Waals surface area contributed by atoms with Crippen molar-refractivity contribution in [1.82, 2.24) is 25.5 Å². The summed E-state index contributed by atoms with van der Waals surface area (Å²) in [6.45, 7) is 12.0. The van der Waals surface area contributed by atoms with Gasteiger partial charge in [0.1, 0.15) is 0 Å². The second-order valence-electron chi connectivity index (χ2n) is 7.07. The molecule has 1 saturated heterocycles. The van der Waals surface area contributed by atoms with Crippen molar-refractivity contribution >= 4 is 23.2 Å². The zero-order valence-corrected chi connectivity index (χ0v) is 18.4. The molecule has 158 valence electrons. The van der Waals surface area contributed by atoms with Crippen molar-refractivity contribution in [2.45, 2.75) is 33.2 Å². The average molecular weight is 416 g/mol. The van der Waals surface area contributed by atoms with Crippen molar-refractivity contribution in [3.05, 3.63) is 40.3 Å². The maximum atomic E-state index is 4.73. The van der Waals surface area contributed by atoms with E-state index >= 15 is 0 Å². The largest absolute Gasteiger partial charge is 0.357 e. The number of aryl methyl sites for hydroxylation is 1. The summed E-state index contributed by atoms with van der Waals surface area (Å²) in [6.07, 6.45) is 5.82. The Morgan fingerprint density at radius 1 is 1.07 bits per heavy atom. The van der Waals surface area contributed by atoms with Crippen LogP contribution in [0.25, 0.3) is 0 Å². The van der Waals surface area contributed by atoms with Crippen LogP contribution in [0.15, 0.2) is 35.6 Å². The van der Waals surface area contributed by atoms with Gasteiger partial charge in [0.15, 0.2) is 5.96 Å². The molecular weight excluding hydrogens is 382 g/mol. The first-order valence-electron chi connectivity index (χ1n) is 10.6. The molecule has 0 atom stereocenters. The van der Waals surface area contributed by atoms with Gasteiger partial charge in [-0.05, 0) is 44.5 Å². The number of nitrogens with zero attached hydrogens (tertiary/aromatic N) is 5. The van der Waals surface area contributed by atoms with Crippen LogP contribution in [0.5, 0.6) is 0 Å². The first-order chi connectivity index (χ1) is 14.3. The van der Waals surface area contributed by atoms with E-state index in [1.165, 1.54) is 9.75 Å². The van der Waals surface area contributed by atoms with E-state index in [0.717, 1.165) is 77.1 Å². The molecule has 0 aromatic carbocycles. The summed E-state index contributed by atoms with van der Waals surface area (Å²) >= 11 is 1.86. The van der Waals surface area contributed by atoms with Crippen LogP contribution in [-0.2, 0) is 13.0 Å². The monoisotopic (exact) mass is 415 g/mol. The van der Waals surface area contributed by atoms with Crippen LogP contribution in [0.4, 0.5) is 5.95 Å². The Balaban J connectivity index is 1.35. The molecular formula is C21H33N7S. The first-order valence-corrected chi connectivity index (χ1v) is 11.4. The topological polar surface area (TPSA) is 68.7 Å². The van der Waals surface area contributed by atoms with Gasteiger partial charge in [-0.25, -0.2) is 15.0 Å². The molecule has 1 aliphatic rings. The molecule has 7 nitrogen and oxygen atoms in total. The normalized spacial score (nSPS) is 15.5. The van der Waals surface area contributed by atoms with Crippen LogP contribution >= 0.6 is 11.3 Å². The van der Waals surface area contributed by atoms with Crippen LogP contribution in [0.2, 0.25) is 0 Å². The molecule has 0 radical (unpaired) electrons. The van der Waals surface area contributed by atoms with Gasteiger partial charge in [-0.2, -0.15) is 0 Å². The molecule has 2 aromatic rings. The summed E-state index contributed by atoms with van der Waals surface area (Å²) in [5, 5.41) is 6.82. The first kappa shape index (κ1) is 21.5. The number of nitrogens with one attached hydrogen (secondary N) is 2. The Hall–Kier alpha value is -2.19. The third kappa shape index (κ3) is 6.97. The highest BCUT2D eigenvalue weighted by atomic mass is 32.1. The van der Waals surface area contributed by atoms with Gasteiger partial charge < -0.3 is 15.5 Å². The molecule has 0 amide bonds. The second-order valence-corrected chi connectivity index (χ2v) is 8.33. The molecule has 1 aliphatic heterocycles. The highest BCUT2D eigenvalue weighted by molar-refractivity contribution is 7.11. The van der Waals surface area contributed by atoms with E-state index in [2.05, 4.69) is 56.4 Å². The standard InChI is InChI=1S/C21H33N7S/c1-3-18-7-8-19(29-18)17-26-20(22-4-2)23-11-6-12-27-13-15-28(16-14-27)21-24-9-5-10-25-21/h5,7-10H,3-4,6,11-17H2,1-2H3,(H2,22,23,26). The Labute approximate surface area is 178 Å². The highest BCUT2D eigenvalue weighted by Gasteiger charge is 2.18. The number of aromatic nitrogens is 2. The molecule has 0 aliphatic carbocycles. The fourth-order valence-corrected chi connectivity index (χ4v) is 4.21. The van der Waals surface area contributed by atoms with E-state index < -0.39 is 0 Å². The van der Waals surface area contributed by atoms with Crippen molar-refractivity contribution in [3.63, 3.8) is 0 Å². The molecule has 3 rings (SSSR count). The van der Waals surface area contributed by atoms with Crippen LogP contribution in [-0.4, -0.2) is 66.6 Å². The maximum Gasteiger partial charge on any atom is 0.225 e. The molecule has 0 bridgehead atoms. The van der Waals surface area contributed by atoms with Gasteiger partial charge >= 0.3 is 0 Å². The predicted molar refractivity (Wildman–Crippen MR) is 122 cm³/mol. The van der Waals surface area contributed by atoms with E-state index in [9.17, 15) is 0 Å². The minimum Gasteiger partial charge on any atom is -0.357 e. The lowest BCUT2D eigenvalue weighted by atomic mass is 10.3. The Morgan fingerprint density at radius 2 is 1.83 bits per heavy atom. The molecule has 8 heteroatoms. The number of piperazine rings is 1. The zero-order valence-electron chi connectivity index (χ0n) is 17.6. The number of aliphatic imine (C=N–C) groups is 1. The number of hydrogen-bond acceptors (Lipinski definition) is 6. The van der Waals surface area contributed by atoms with Crippen molar-refractivity contribution in [2.75, 3.05) is 50.7 Å². The van der Waals surface area contributed by atoms with E-state index in [-0.39, 0.29) is 0 Å². The maximum absolute atomic E-state index is 4.73. The summed E-state index contributed by atoms with van der Waals surface area (Å²) in [5.74, 6) is 1.75. The molecule has 0 spiro atoms. The minimum absolute atomic E-state index is 0.740. The lowest BCUT2D eigenvalue weighted by Crippen LogP contribution is -2.47. The van der Waals surface area contributed by atoms with Gasteiger partial charge in [0.05, 0.1) is 6.54 Å².